The van der Waals surface area contributed by atoms with Crippen molar-refractivity contribution in [2.45, 2.75) is 128 Å². The second-order valence-corrected chi connectivity index (χ2v) is 18.6. The van der Waals surface area contributed by atoms with Crippen LogP contribution >= 0.6 is 23.2 Å². The van der Waals surface area contributed by atoms with Crippen molar-refractivity contribution in [2.75, 3.05) is 65.0 Å². The molecule has 4 atom stereocenters. The standard InChI is InChI=1S/2C22H32ClN3O4.H2O/c2*1-13(27)6-5-8-26-9-7-17(18(12-26)29-4)25-21(28)14-10-16(23)19(24)15-11-22(2,3)30-20(14)15;/h2*10,17-18H,5-9,11-12,24H2,1-4H3,(H,25,28);1H2. The van der Waals surface area contributed by atoms with Crippen LogP contribution in [0.25, 0.3) is 0 Å². The highest BCUT2D eigenvalue weighted by molar-refractivity contribution is 6.34. The van der Waals surface area contributed by atoms with Crippen LogP contribution in [0.5, 0.6) is 11.5 Å². The van der Waals surface area contributed by atoms with Gasteiger partial charge in [-0.25, -0.2) is 0 Å². The van der Waals surface area contributed by atoms with Crippen molar-refractivity contribution in [3.05, 3.63) is 44.4 Å². The average molecular weight is 894 g/mol. The molecule has 4 aliphatic rings. The van der Waals surface area contributed by atoms with Crippen molar-refractivity contribution >= 4 is 58.0 Å². The van der Waals surface area contributed by atoms with Gasteiger partial charge in [0.25, 0.3) is 11.8 Å². The van der Waals surface area contributed by atoms with Gasteiger partial charge in [-0.2, -0.15) is 0 Å². The van der Waals surface area contributed by atoms with Crippen LogP contribution in [0.1, 0.15) is 112 Å². The zero-order chi connectivity index (χ0) is 44.1. The van der Waals surface area contributed by atoms with Gasteiger partial charge in [-0.05, 0) is 92.4 Å². The fourth-order valence-corrected chi connectivity index (χ4v) is 9.01. The molecule has 2 aromatic carbocycles. The van der Waals surface area contributed by atoms with Crippen LogP contribution in [0.4, 0.5) is 11.4 Å². The average Bonchev–Trinajstić information content (AvgIpc) is 3.70. The molecule has 8 N–H and O–H groups in total. The molecule has 0 aromatic heterocycles. The number of nitrogen functional groups attached to an aromatic ring is 2. The third-order valence-electron chi connectivity index (χ3n) is 11.7. The van der Waals surface area contributed by atoms with Crippen LogP contribution in [0, 0.1) is 0 Å². The van der Waals surface area contributed by atoms with Gasteiger partial charge in [0.1, 0.15) is 34.3 Å². The topological polar surface area (TPSA) is 219 Å². The Morgan fingerprint density at radius 3 is 1.41 bits per heavy atom. The first-order chi connectivity index (χ1) is 28.2. The number of nitrogens with one attached hydrogen (secondary N) is 2. The van der Waals surface area contributed by atoms with E-state index in [0.717, 1.165) is 63.0 Å². The third-order valence-corrected chi connectivity index (χ3v) is 12.4. The number of likely N-dealkylation sites (tertiary alicyclic amines) is 2. The lowest BCUT2D eigenvalue weighted by atomic mass is 9.97. The molecular weight excluding hydrogens is 827 g/mol. The summed E-state index contributed by atoms with van der Waals surface area (Å²) in [5.41, 5.74) is 14.8. The number of ketones is 2. The van der Waals surface area contributed by atoms with E-state index in [9.17, 15) is 19.2 Å². The van der Waals surface area contributed by atoms with Crippen LogP contribution in [0.15, 0.2) is 12.1 Å². The molecule has 4 heterocycles. The number of benzene rings is 2. The molecular formula is C44H66Cl2N6O9. The molecule has 6 rings (SSSR count). The second kappa shape index (κ2) is 21.1. The van der Waals surface area contributed by atoms with Crippen molar-refractivity contribution < 1.29 is 43.6 Å². The van der Waals surface area contributed by atoms with Gasteiger partial charge < -0.3 is 65.9 Å². The van der Waals surface area contributed by atoms with Crippen LogP contribution < -0.4 is 31.6 Å². The minimum atomic E-state index is -0.434. The molecule has 0 spiro atoms. The fourth-order valence-electron chi connectivity index (χ4n) is 8.57. The highest BCUT2D eigenvalue weighted by Crippen LogP contribution is 2.45. The summed E-state index contributed by atoms with van der Waals surface area (Å²) in [6, 6.07) is 2.94. The number of methoxy groups -OCH3 is 2. The van der Waals surface area contributed by atoms with Gasteiger partial charge in [0, 0.05) is 77.2 Å². The van der Waals surface area contributed by atoms with E-state index < -0.39 is 11.2 Å². The van der Waals surface area contributed by atoms with Crippen LogP contribution in [-0.4, -0.2) is 128 Å². The molecule has 61 heavy (non-hydrogen) atoms. The lowest BCUT2D eigenvalue weighted by Gasteiger charge is -2.38. The molecule has 4 aliphatic heterocycles. The molecule has 15 nitrogen and oxygen atoms in total. The predicted octanol–water partition coefficient (Wildman–Crippen LogP) is 4.82. The normalized spacial score (nSPS) is 22.6. The maximum atomic E-state index is 13.1. The first-order valence-corrected chi connectivity index (χ1v) is 21.7. The summed E-state index contributed by atoms with van der Waals surface area (Å²) in [5.74, 6) is 0.997. The van der Waals surface area contributed by atoms with Gasteiger partial charge in [-0.3, -0.25) is 9.59 Å². The van der Waals surface area contributed by atoms with Crippen molar-refractivity contribution in [2.24, 2.45) is 0 Å². The summed E-state index contributed by atoms with van der Waals surface area (Å²) in [5, 5.41) is 6.95. The number of hydrogen-bond acceptors (Lipinski definition) is 12. The van der Waals surface area contributed by atoms with Crippen molar-refractivity contribution in [3.63, 3.8) is 0 Å². The number of hydrogen-bond donors (Lipinski definition) is 4. The lowest BCUT2D eigenvalue weighted by Crippen LogP contribution is -2.55. The van der Waals surface area contributed by atoms with Crippen molar-refractivity contribution in [1.29, 1.82) is 0 Å². The molecule has 17 heteroatoms. The summed E-state index contributed by atoms with van der Waals surface area (Å²) in [4.78, 5) is 53.2. The van der Waals surface area contributed by atoms with E-state index in [1.54, 1.807) is 40.2 Å². The molecule has 0 bridgehead atoms. The SMILES string of the molecule is COC1CN(CCCC(C)=O)CCC1NC(=O)c1cc(Cl)c(N)c2c1OC(C)(C)C2.COC1CN(CCCC(C)=O)CCC1NC(=O)c1cc(Cl)c(N)c2c1OC(C)(C)C2.O. The molecule has 0 saturated carbocycles. The monoisotopic (exact) mass is 892 g/mol. The Kier molecular flexibility index (Phi) is 17.3. The number of Topliss-reactive ketones (excluding diaryl/α,β-unsaturated/α-hetero) is 2. The maximum absolute atomic E-state index is 13.1. The second-order valence-electron chi connectivity index (χ2n) is 17.8. The van der Waals surface area contributed by atoms with Gasteiger partial charge in [0.05, 0.1) is 56.8 Å². The number of anilines is 2. The van der Waals surface area contributed by atoms with E-state index in [1.807, 2.05) is 27.7 Å². The predicted molar refractivity (Wildman–Crippen MR) is 238 cm³/mol. The molecule has 2 aromatic rings. The largest absolute Gasteiger partial charge is 0.486 e. The Bertz CT molecular complexity index is 1790. The number of carbonyl (C=O) groups excluding carboxylic acids is 4. The van der Waals surface area contributed by atoms with E-state index in [2.05, 4.69) is 20.4 Å². The zero-order valence-electron chi connectivity index (χ0n) is 36.9. The summed E-state index contributed by atoms with van der Waals surface area (Å²) >= 11 is 12.6. The van der Waals surface area contributed by atoms with Gasteiger partial charge in [0.15, 0.2) is 0 Å². The number of carbonyl (C=O) groups is 4. The summed E-state index contributed by atoms with van der Waals surface area (Å²) in [6.07, 6.45) is 5.34. The van der Waals surface area contributed by atoms with Gasteiger partial charge in [0.2, 0.25) is 0 Å². The number of nitrogens with two attached hydrogens (primary N) is 2. The Morgan fingerprint density at radius 1 is 0.721 bits per heavy atom. The van der Waals surface area contributed by atoms with Gasteiger partial charge in [-0.15, -0.1) is 0 Å². The first-order valence-electron chi connectivity index (χ1n) is 20.9. The first kappa shape index (κ1) is 50.0. The summed E-state index contributed by atoms with van der Waals surface area (Å²) < 4.78 is 23.4. The molecule has 0 radical (unpaired) electrons. The van der Waals surface area contributed by atoms with Crippen molar-refractivity contribution in [1.82, 2.24) is 20.4 Å². The third kappa shape index (κ3) is 12.7. The number of nitrogens with zero attached hydrogens (tertiary/aromatic N) is 2. The highest BCUT2D eigenvalue weighted by Gasteiger charge is 2.39. The number of fused-ring (bicyclic) bond motifs is 2. The Morgan fingerprint density at radius 2 is 1.08 bits per heavy atom. The Hall–Kier alpha value is -3.70. The molecule has 4 unspecified atom stereocenters. The number of ether oxygens (including phenoxy) is 4. The quantitative estimate of drug-likeness (QED) is 0.188. The van der Waals surface area contributed by atoms with Crippen molar-refractivity contribution in [3.8, 4) is 11.5 Å². The maximum Gasteiger partial charge on any atom is 0.255 e. The number of piperidine rings is 2. The highest BCUT2D eigenvalue weighted by atomic mass is 35.5. The minimum absolute atomic E-state index is 0. The Labute approximate surface area is 370 Å². The summed E-state index contributed by atoms with van der Waals surface area (Å²) in [6.45, 7) is 15.9. The van der Waals surface area contributed by atoms with Crippen LogP contribution in [0.2, 0.25) is 10.0 Å². The van der Waals surface area contributed by atoms with Crippen LogP contribution in [0.3, 0.4) is 0 Å². The van der Waals surface area contributed by atoms with E-state index >= 15 is 0 Å². The van der Waals surface area contributed by atoms with Gasteiger partial charge in [-0.1, -0.05) is 23.2 Å². The number of amides is 2. The Balaban J connectivity index is 0.000000264. The van der Waals surface area contributed by atoms with E-state index in [1.165, 1.54) is 0 Å². The molecule has 0 aliphatic carbocycles. The zero-order valence-corrected chi connectivity index (χ0v) is 38.4. The number of rotatable bonds is 14. The fraction of sp³-hybridized carbons (Fsp3) is 0.636. The van der Waals surface area contributed by atoms with E-state index in [0.29, 0.717) is 82.8 Å². The van der Waals surface area contributed by atoms with Crippen LogP contribution in [-0.2, 0) is 31.9 Å². The molecule has 2 saturated heterocycles. The van der Waals surface area contributed by atoms with E-state index in [-0.39, 0.29) is 53.1 Å². The summed E-state index contributed by atoms with van der Waals surface area (Å²) in [7, 11) is 3.32. The molecule has 340 valence electrons. The van der Waals surface area contributed by atoms with E-state index in [4.69, 9.17) is 53.6 Å². The molecule has 2 fully saturated rings. The molecule has 2 amide bonds. The van der Waals surface area contributed by atoms with Gasteiger partial charge >= 0.3 is 0 Å². The lowest BCUT2D eigenvalue weighted by molar-refractivity contribution is -0.118. The minimum Gasteiger partial charge on any atom is -0.486 e. The number of halogens is 2. The smallest absolute Gasteiger partial charge is 0.255 e.